The van der Waals surface area contributed by atoms with Crippen molar-refractivity contribution in [2.75, 3.05) is 13.2 Å². The van der Waals surface area contributed by atoms with Crippen LogP contribution in [0.2, 0.25) is 0 Å². The molecule has 1 amide bonds. The molecular formula is C9H16N2O3. The summed E-state index contributed by atoms with van der Waals surface area (Å²) in [4.78, 5) is 11.1. The SMILES string of the molecule is CC(O)(CCO)CC(=O)NCCC#N. The Hall–Kier alpha value is -1.12. The number of rotatable bonds is 6. The summed E-state index contributed by atoms with van der Waals surface area (Å²) in [5.41, 5.74) is -1.18. The Balaban J connectivity index is 3.76. The second-order valence-electron chi connectivity index (χ2n) is 3.41. The molecule has 0 saturated heterocycles. The van der Waals surface area contributed by atoms with Crippen LogP contribution in [0.25, 0.3) is 0 Å². The smallest absolute Gasteiger partial charge is 0.222 e. The molecule has 0 aromatic rings. The van der Waals surface area contributed by atoms with Crippen LogP contribution >= 0.6 is 0 Å². The Bertz CT molecular complexity index is 221. The summed E-state index contributed by atoms with van der Waals surface area (Å²) in [6.07, 6.45) is 0.367. The summed E-state index contributed by atoms with van der Waals surface area (Å²) in [5.74, 6) is -0.307. The van der Waals surface area contributed by atoms with Crippen molar-refractivity contribution < 1.29 is 15.0 Å². The Kier molecular flexibility index (Phi) is 5.84. The number of hydrogen-bond acceptors (Lipinski definition) is 4. The minimum Gasteiger partial charge on any atom is -0.396 e. The Morgan fingerprint density at radius 1 is 1.64 bits per heavy atom. The highest BCUT2D eigenvalue weighted by Crippen LogP contribution is 2.13. The molecule has 0 saturated carbocycles. The first kappa shape index (κ1) is 12.9. The molecule has 0 aromatic carbocycles. The molecule has 5 heteroatoms. The van der Waals surface area contributed by atoms with Crippen LogP contribution in [-0.4, -0.2) is 34.9 Å². The van der Waals surface area contributed by atoms with Gasteiger partial charge in [-0.3, -0.25) is 4.79 Å². The number of carbonyl (C=O) groups is 1. The lowest BCUT2D eigenvalue weighted by atomic mass is 9.98. The third kappa shape index (κ3) is 6.40. The van der Waals surface area contributed by atoms with Crippen molar-refractivity contribution in [3.05, 3.63) is 0 Å². The molecule has 0 heterocycles. The summed E-state index contributed by atoms with van der Waals surface area (Å²) in [5, 5.41) is 28.9. The molecule has 0 bridgehead atoms. The Morgan fingerprint density at radius 2 is 2.29 bits per heavy atom. The molecule has 0 rings (SSSR count). The first-order chi connectivity index (χ1) is 6.52. The predicted octanol–water partition coefficient (Wildman–Crippen LogP) is -0.460. The van der Waals surface area contributed by atoms with Crippen LogP contribution in [-0.2, 0) is 4.79 Å². The first-order valence-electron chi connectivity index (χ1n) is 4.49. The molecule has 0 aliphatic carbocycles. The van der Waals surface area contributed by atoms with E-state index in [4.69, 9.17) is 10.4 Å². The van der Waals surface area contributed by atoms with E-state index < -0.39 is 5.60 Å². The second kappa shape index (κ2) is 6.35. The highest BCUT2D eigenvalue weighted by molar-refractivity contribution is 5.76. The van der Waals surface area contributed by atoms with Gasteiger partial charge in [-0.25, -0.2) is 0 Å². The van der Waals surface area contributed by atoms with E-state index in [1.165, 1.54) is 6.92 Å². The normalized spacial score (nSPS) is 14.1. The summed E-state index contributed by atoms with van der Waals surface area (Å²) in [7, 11) is 0. The van der Waals surface area contributed by atoms with Crippen molar-refractivity contribution in [2.45, 2.75) is 31.8 Å². The Labute approximate surface area is 83.4 Å². The van der Waals surface area contributed by atoms with Gasteiger partial charge in [0.25, 0.3) is 0 Å². The van der Waals surface area contributed by atoms with Gasteiger partial charge in [0.1, 0.15) is 0 Å². The molecular weight excluding hydrogens is 184 g/mol. The van der Waals surface area contributed by atoms with Gasteiger partial charge in [-0.1, -0.05) is 0 Å². The molecule has 3 N–H and O–H groups in total. The Morgan fingerprint density at radius 3 is 2.79 bits per heavy atom. The number of hydrogen-bond donors (Lipinski definition) is 3. The van der Waals surface area contributed by atoms with Gasteiger partial charge < -0.3 is 15.5 Å². The summed E-state index contributed by atoms with van der Waals surface area (Å²) in [6, 6.07) is 1.89. The van der Waals surface area contributed by atoms with Gasteiger partial charge in [0.15, 0.2) is 0 Å². The highest BCUT2D eigenvalue weighted by Gasteiger charge is 2.23. The number of nitrogens with one attached hydrogen (secondary N) is 1. The van der Waals surface area contributed by atoms with Gasteiger partial charge in [-0.2, -0.15) is 5.26 Å². The summed E-state index contributed by atoms with van der Waals surface area (Å²) >= 11 is 0. The van der Waals surface area contributed by atoms with Crippen LogP contribution in [0.3, 0.4) is 0 Å². The maximum atomic E-state index is 11.1. The van der Waals surface area contributed by atoms with Crippen molar-refractivity contribution >= 4 is 5.91 Å². The molecule has 0 aliphatic rings. The predicted molar refractivity (Wildman–Crippen MR) is 50.2 cm³/mol. The fourth-order valence-electron chi connectivity index (χ4n) is 0.995. The lowest BCUT2D eigenvalue weighted by Gasteiger charge is -2.21. The van der Waals surface area contributed by atoms with Gasteiger partial charge in [-0.15, -0.1) is 0 Å². The first-order valence-corrected chi connectivity index (χ1v) is 4.49. The van der Waals surface area contributed by atoms with Crippen molar-refractivity contribution in [3.63, 3.8) is 0 Å². The van der Waals surface area contributed by atoms with Gasteiger partial charge in [0.05, 0.1) is 24.5 Å². The molecule has 0 aliphatic heterocycles. The van der Waals surface area contributed by atoms with E-state index in [1.54, 1.807) is 0 Å². The third-order valence-corrected chi connectivity index (χ3v) is 1.75. The lowest BCUT2D eigenvalue weighted by Crippen LogP contribution is -2.35. The summed E-state index contributed by atoms with van der Waals surface area (Å²) in [6.45, 7) is 1.64. The van der Waals surface area contributed by atoms with E-state index in [-0.39, 0.29) is 31.8 Å². The van der Waals surface area contributed by atoms with Gasteiger partial charge in [0.2, 0.25) is 5.91 Å². The topological polar surface area (TPSA) is 93.3 Å². The molecule has 5 nitrogen and oxygen atoms in total. The van der Waals surface area contributed by atoms with Gasteiger partial charge in [-0.05, 0) is 13.3 Å². The van der Waals surface area contributed by atoms with Crippen LogP contribution in [0.15, 0.2) is 0 Å². The zero-order chi connectivity index (χ0) is 11.0. The van der Waals surface area contributed by atoms with Crippen molar-refractivity contribution in [1.29, 1.82) is 5.26 Å². The zero-order valence-corrected chi connectivity index (χ0v) is 8.29. The van der Waals surface area contributed by atoms with Gasteiger partial charge >= 0.3 is 0 Å². The maximum absolute atomic E-state index is 11.1. The van der Waals surface area contributed by atoms with E-state index in [2.05, 4.69) is 5.32 Å². The van der Waals surface area contributed by atoms with Crippen LogP contribution in [0, 0.1) is 11.3 Å². The van der Waals surface area contributed by atoms with Crippen LogP contribution in [0.4, 0.5) is 0 Å². The standard InChI is InChI=1S/C9H16N2O3/c1-9(14,3-6-12)7-8(13)11-5-2-4-10/h12,14H,2-3,5-7H2,1H3,(H,11,13). The van der Waals surface area contributed by atoms with E-state index in [1.807, 2.05) is 6.07 Å². The quantitative estimate of drug-likeness (QED) is 0.506. The molecule has 0 spiro atoms. The highest BCUT2D eigenvalue weighted by atomic mass is 16.3. The molecule has 0 radical (unpaired) electrons. The van der Waals surface area contributed by atoms with Crippen LogP contribution in [0.5, 0.6) is 0 Å². The third-order valence-electron chi connectivity index (χ3n) is 1.75. The largest absolute Gasteiger partial charge is 0.396 e. The molecule has 1 atom stereocenters. The van der Waals surface area contributed by atoms with Gasteiger partial charge in [0, 0.05) is 13.2 Å². The molecule has 0 aromatic heterocycles. The average molecular weight is 200 g/mol. The number of amides is 1. The number of aliphatic hydroxyl groups excluding tert-OH is 1. The molecule has 80 valence electrons. The molecule has 1 unspecified atom stereocenters. The number of nitriles is 1. The minimum absolute atomic E-state index is 0.0566. The second-order valence-corrected chi connectivity index (χ2v) is 3.41. The average Bonchev–Trinajstić information content (AvgIpc) is 2.03. The van der Waals surface area contributed by atoms with E-state index in [9.17, 15) is 9.90 Å². The monoisotopic (exact) mass is 200 g/mol. The van der Waals surface area contributed by atoms with Crippen molar-refractivity contribution in [2.24, 2.45) is 0 Å². The number of nitrogens with zero attached hydrogens (tertiary/aromatic N) is 1. The number of aliphatic hydroxyl groups is 2. The fourth-order valence-corrected chi connectivity index (χ4v) is 0.995. The van der Waals surface area contributed by atoms with E-state index in [0.29, 0.717) is 6.54 Å². The minimum atomic E-state index is -1.18. The van der Waals surface area contributed by atoms with E-state index in [0.717, 1.165) is 0 Å². The lowest BCUT2D eigenvalue weighted by molar-refractivity contribution is -0.125. The number of carbonyl (C=O) groups excluding carboxylic acids is 1. The van der Waals surface area contributed by atoms with Crippen molar-refractivity contribution in [1.82, 2.24) is 5.32 Å². The molecule has 14 heavy (non-hydrogen) atoms. The fraction of sp³-hybridized carbons (Fsp3) is 0.778. The molecule has 0 fully saturated rings. The maximum Gasteiger partial charge on any atom is 0.222 e. The van der Waals surface area contributed by atoms with Crippen molar-refractivity contribution in [3.8, 4) is 6.07 Å². The zero-order valence-electron chi connectivity index (χ0n) is 8.29. The van der Waals surface area contributed by atoms with Crippen LogP contribution in [0.1, 0.15) is 26.2 Å². The summed E-state index contributed by atoms with van der Waals surface area (Å²) < 4.78 is 0. The van der Waals surface area contributed by atoms with Crippen LogP contribution < -0.4 is 5.32 Å². The van der Waals surface area contributed by atoms with E-state index >= 15 is 0 Å².